The number of aliphatic hydroxyl groups excluding tert-OH is 1. The molecule has 0 aliphatic carbocycles. The van der Waals surface area contributed by atoms with Crippen LogP contribution in [0.5, 0.6) is 0 Å². The number of anilines is 1. The van der Waals surface area contributed by atoms with Crippen molar-refractivity contribution in [2.24, 2.45) is 0 Å². The minimum absolute atomic E-state index is 0.143. The van der Waals surface area contributed by atoms with E-state index in [1.807, 2.05) is 0 Å². The molecule has 1 saturated heterocycles. The maximum Gasteiger partial charge on any atom is 0.301 e. The summed E-state index contributed by atoms with van der Waals surface area (Å²) in [4.78, 5) is 31.9. The van der Waals surface area contributed by atoms with Crippen molar-refractivity contribution in [2.75, 3.05) is 4.90 Å². The van der Waals surface area contributed by atoms with Gasteiger partial charge >= 0.3 is 5.91 Å². The van der Waals surface area contributed by atoms with Gasteiger partial charge in [-0.25, -0.2) is 13.8 Å². The number of ketones is 1. The van der Waals surface area contributed by atoms with E-state index in [4.69, 9.17) is 0 Å². The van der Waals surface area contributed by atoms with Crippen LogP contribution in [0.4, 0.5) is 13.9 Å². The Kier molecular flexibility index (Phi) is 5.30. The molecule has 33 heavy (non-hydrogen) atoms. The zero-order valence-corrected chi connectivity index (χ0v) is 19.0. The molecule has 1 aliphatic rings. The van der Waals surface area contributed by atoms with Crippen molar-refractivity contribution in [3.63, 3.8) is 0 Å². The molecular formula is C24H13BrF2N2O3S. The Morgan fingerprint density at radius 1 is 1.00 bits per heavy atom. The number of halogens is 3. The summed E-state index contributed by atoms with van der Waals surface area (Å²) in [5.41, 5.74) is 1.08. The molecule has 0 spiro atoms. The molecule has 4 aromatic rings. The highest BCUT2D eigenvalue weighted by molar-refractivity contribution is 9.10. The molecule has 1 atom stereocenters. The van der Waals surface area contributed by atoms with Crippen molar-refractivity contribution < 1.29 is 23.5 Å². The minimum atomic E-state index is -0.988. The quantitative estimate of drug-likeness (QED) is 0.203. The van der Waals surface area contributed by atoms with Crippen LogP contribution in [0.3, 0.4) is 0 Å². The average Bonchev–Trinajstić information content (AvgIpc) is 3.32. The Morgan fingerprint density at radius 3 is 2.45 bits per heavy atom. The van der Waals surface area contributed by atoms with E-state index >= 15 is 0 Å². The predicted octanol–water partition coefficient (Wildman–Crippen LogP) is 5.96. The molecule has 1 N–H and O–H groups in total. The van der Waals surface area contributed by atoms with Crippen LogP contribution in [0, 0.1) is 11.6 Å². The molecule has 5 nitrogen and oxygen atoms in total. The summed E-state index contributed by atoms with van der Waals surface area (Å²) in [6.07, 6.45) is 0. The third kappa shape index (κ3) is 3.73. The lowest BCUT2D eigenvalue weighted by atomic mass is 9.95. The van der Waals surface area contributed by atoms with Gasteiger partial charge in [0, 0.05) is 10.0 Å². The van der Waals surface area contributed by atoms with Gasteiger partial charge in [-0.05, 0) is 60.2 Å². The van der Waals surface area contributed by atoms with Crippen LogP contribution in [0.25, 0.3) is 16.0 Å². The van der Waals surface area contributed by atoms with Crippen molar-refractivity contribution in [3.8, 4) is 0 Å². The van der Waals surface area contributed by atoms with E-state index in [0.717, 1.165) is 23.5 Å². The number of carbonyl (C=O) groups is 2. The van der Waals surface area contributed by atoms with Crippen molar-refractivity contribution in [1.82, 2.24) is 4.98 Å². The molecule has 9 heteroatoms. The highest BCUT2D eigenvalue weighted by atomic mass is 79.9. The van der Waals surface area contributed by atoms with E-state index in [-0.39, 0.29) is 16.3 Å². The van der Waals surface area contributed by atoms with Crippen molar-refractivity contribution >= 4 is 60.1 Å². The number of Topliss-reactive ketones (excluding diaryl/α,β-unsaturated/α-hetero) is 1. The van der Waals surface area contributed by atoms with Gasteiger partial charge in [0.25, 0.3) is 5.78 Å². The number of rotatable bonds is 3. The van der Waals surface area contributed by atoms with Gasteiger partial charge in [-0.1, -0.05) is 39.4 Å². The van der Waals surface area contributed by atoms with E-state index in [0.29, 0.717) is 20.3 Å². The molecule has 1 aliphatic heterocycles. The molecule has 1 fully saturated rings. The van der Waals surface area contributed by atoms with Crippen LogP contribution < -0.4 is 4.90 Å². The van der Waals surface area contributed by atoms with E-state index < -0.39 is 35.1 Å². The molecule has 2 heterocycles. The molecule has 0 saturated carbocycles. The van der Waals surface area contributed by atoms with Gasteiger partial charge in [0.15, 0.2) is 5.13 Å². The Morgan fingerprint density at radius 2 is 1.73 bits per heavy atom. The number of carbonyl (C=O) groups excluding carboxylic acids is 2. The summed E-state index contributed by atoms with van der Waals surface area (Å²) in [6.45, 7) is 0. The summed E-state index contributed by atoms with van der Waals surface area (Å²) >= 11 is 4.46. The molecule has 1 amide bonds. The van der Waals surface area contributed by atoms with Gasteiger partial charge in [0.2, 0.25) is 0 Å². The second-order valence-electron chi connectivity index (χ2n) is 7.34. The fraction of sp³-hybridized carbons (Fsp3) is 0.0417. The zero-order valence-electron chi connectivity index (χ0n) is 16.6. The second-order valence-corrected chi connectivity index (χ2v) is 9.26. The smallest absolute Gasteiger partial charge is 0.301 e. The Balaban J connectivity index is 1.74. The zero-order chi connectivity index (χ0) is 23.3. The molecule has 0 bridgehead atoms. The fourth-order valence-electron chi connectivity index (χ4n) is 3.77. The number of fused-ring (bicyclic) bond motifs is 1. The van der Waals surface area contributed by atoms with Crippen LogP contribution in [0.2, 0.25) is 0 Å². The number of benzene rings is 3. The van der Waals surface area contributed by atoms with Crippen LogP contribution >= 0.6 is 27.3 Å². The molecule has 5 rings (SSSR count). The average molecular weight is 527 g/mol. The first-order chi connectivity index (χ1) is 15.8. The number of aliphatic hydroxyl groups is 1. The lowest BCUT2D eigenvalue weighted by Gasteiger charge is -2.23. The van der Waals surface area contributed by atoms with Gasteiger partial charge in [0.1, 0.15) is 17.4 Å². The highest BCUT2D eigenvalue weighted by Gasteiger charge is 2.48. The normalized spacial score (nSPS) is 17.8. The number of nitrogens with zero attached hydrogens (tertiary/aromatic N) is 2. The summed E-state index contributed by atoms with van der Waals surface area (Å²) < 4.78 is 28.3. The minimum Gasteiger partial charge on any atom is -0.507 e. The molecule has 164 valence electrons. The monoisotopic (exact) mass is 526 g/mol. The Bertz CT molecular complexity index is 1470. The fourth-order valence-corrected chi connectivity index (χ4v) is 5.21. The molecule has 0 radical (unpaired) electrons. The van der Waals surface area contributed by atoms with Crippen molar-refractivity contribution in [3.05, 3.63) is 99.5 Å². The number of hydrogen-bond acceptors (Lipinski definition) is 5. The summed E-state index contributed by atoms with van der Waals surface area (Å²) in [6, 6.07) is 15.0. The van der Waals surface area contributed by atoms with Gasteiger partial charge < -0.3 is 5.11 Å². The van der Waals surface area contributed by atoms with Crippen LogP contribution in [0.1, 0.15) is 17.2 Å². The van der Waals surface area contributed by atoms with Gasteiger partial charge in [-0.3, -0.25) is 14.5 Å². The number of hydrogen-bond donors (Lipinski definition) is 1. The Hall–Kier alpha value is -3.43. The first kappa shape index (κ1) is 21.4. The van der Waals surface area contributed by atoms with Crippen molar-refractivity contribution in [2.45, 2.75) is 6.04 Å². The third-order valence-electron chi connectivity index (χ3n) is 5.27. The third-order valence-corrected chi connectivity index (χ3v) is 6.78. The molecular weight excluding hydrogens is 514 g/mol. The largest absolute Gasteiger partial charge is 0.507 e. The first-order valence-electron chi connectivity index (χ1n) is 9.72. The topological polar surface area (TPSA) is 70.5 Å². The second kappa shape index (κ2) is 8.17. The maximum atomic E-state index is 13.7. The predicted molar refractivity (Wildman–Crippen MR) is 125 cm³/mol. The lowest BCUT2D eigenvalue weighted by Crippen LogP contribution is -2.29. The summed E-state index contributed by atoms with van der Waals surface area (Å²) in [7, 11) is 0. The van der Waals surface area contributed by atoms with Crippen molar-refractivity contribution in [1.29, 1.82) is 0 Å². The van der Waals surface area contributed by atoms with Gasteiger partial charge in [-0.2, -0.15) is 0 Å². The highest BCUT2D eigenvalue weighted by Crippen LogP contribution is 2.44. The van der Waals surface area contributed by atoms with E-state index in [1.54, 1.807) is 24.3 Å². The Labute approximate surface area is 198 Å². The maximum absolute atomic E-state index is 13.7. The number of thiazole rings is 1. The van der Waals surface area contributed by atoms with Crippen LogP contribution in [0.15, 0.2) is 76.8 Å². The first-order valence-corrected chi connectivity index (χ1v) is 11.3. The SMILES string of the molecule is O=C1C(=O)N(c2nc3ccc(F)cc3s2)[C@H](c2cccc(Br)c2)C1=C(O)c1ccc(F)cc1. The molecule has 0 unspecified atom stereocenters. The van der Waals surface area contributed by atoms with Crippen LogP contribution in [-0.4, -0.2) is 21.8 Å². The summed E-state index contributed by atoms with van der Waals surface area (Å²) in [5, 5.41) is 11.2. The van der Waals surface area contributed by atoms with Gasteiger partial charge in [0.05, 0.1) is 21.8 Å². The van der Waals surface area contributed by atoms with E-state index in [1.165, 1.54) is 35.2 Å². The number of amides is 1. The standard InChI is InChI=1S/C24H13BrF2N2O3S/c25-14-3-1-2-13(10-14)20-19(21(30)12-4-6-15(26)7-5-12)22(31)23(32)29(20)24-28-17-9-8-16(27)11-18(17)33-24/h1-11,20,30H/t20-/m1/s1. The van der Waals surface area contributed by atoms with Crippen LogP contribution in [-0.2, 0) is 9.59 Å². The van der Waals surface area contributed by atoms with E-state index in [2.05, 4.69) is 20.9 Å². The lowest BCUT2D eigenvalue weighted by molar-refractivity contribution is -0.132. The van der Waals surface area contributed by atoms with E-state index in [9.17, 15) is 23.5 Å². The molecule has 3 aromatic carbocycles. The summed E-state index contributed by atoms with van der Waals surface area (Å²) in [5.74, 6) is -3.14. The number of aromatic nitrogens is 1. The van der Waals surface area contributed by atoms with Gasteiger partial charge in [-0.15, -0.1) is 0 Å². The molecule has 1 aromatic heterocycles.